The first-order valence-corrected chi connectivity index (χ1v) is 8.36. The molecule has 2 amide bonds. The molecule has 1 aliphatic rings. The minimum atomic E-state index is -0.147. The zero-order valence-corrected chi connectivity index (χ0v) is 13.4. The SMILES string of the molecule is O=C(CCn1ccccc1=O)NCCC(=O)NC1CCCCC1. The molecule has 2 N–H and O–H groups in total. The van der Waals surface area contributed by atoms with Gasteiger partial charge in [-0.1, -0.05) is 25.3 Å². The summed E-state index contributed by atoms with van der Waals surface area (Å²) in [4.78, 5) is 35.1. The molecule has 2 rings (SSSR count). The number of amides is 2. The van der Waals surface area contributed by atoms with Crippen LogP contribution in [0.2, 0.25) is 0 Å². The zero-order valence-electron chi connectivity index (χ0n) is 13.4. The van der Waals surface area contributed by atoms with Crippen LogP contribution in [0.15, 0.2) is 29.2 Å². The van der Waals surface area contributed by atoms with Gasteiger partial charge in [0.05, 0.1) is 0 Å². The van der Waals surface area contributed by atoms with Crippen LogP contribution in [0.1, 0.15) is 44.9 Å². The number of nitrogens with one attached hydrogen (secondary N) is 2. The molecule has 1 aromatic rings. The number of aromatic nitrogens is 1. The van der Waals surface area contributed by atoms with Crippen molar-refractivity contribution in [3.05, 3.63) is 34.7 Å². The fourth-order valence-corrected chi connectivity index (χ4v) is 2.82. The molecule has 0 spiro atoms. The summed E-state index contributed by atoms with van der Waals surface area (Å²) < 4.78 is 1.50. The van der Waals surface area contributed by atoms with E-state index in [1.54, 1.807) is 18.3 Å². The lowest BCUT2D eigenvalue weighted by Crippen LogP contribution is -2.38. The van der Waals surface area contributed by atoms with E-state index in [4.69, 9.17) is 0 Å². The molecular weight excluding hydrogens is 294 g/mol. The summed E-state index contributed by atoms with van der Waals surface area (Å²) in [6.07, 6.45) is 7.93. The van der Waals surface area contributed by atoms with Crippen molar-refractivity contribution in [2.24, 2.45) is 0 Å². The molecule has 0 aromatic carbocycles. The minimum Gasteiger partial charge on any atom is -0.356 e. The van der Waals surface area contributed by atoms with Crippen molar-refractivity contribution in [3.8, 4) is 0 Å². The van der Waals surface area contributed by atoms with E-state index < -0.39 is 0 Å². The van der Waals surface area contributed by atoms with Crippen LogP contribution in [0.5, 0.6) is 0 Å². The standard InChI is InChI=1S/C17H25N3O3/c21-15(10-13-20-12-5-4-8-17(20)23)18-11-9-16(22)19-14-6-2-1-3-7-14/h4-5,8,12,14H,1-3,6-7,9-11,13H2,(H,18,21)(H,19,22). The number of nitrogens with zero attached hydrogens (tertiary/aromatic N) is 1. The van der Waals surface area contributed by atoms with Gasteiger partial charge in [0.15, 0.2) is 0 Å². The number of hydrogen-bond acceptors (Lipinski definition) is 3. The summed E-state index contributed by atoms with van der Waals surface area (Å²) >= 11 is 0. The van der Waals surface area contributed by atoms with Crippen molar-refractivity contribution in [1.29, 1.82) is 0 Å². The normalized spacial score (nSPS) is 15.1. The molecule has 1 fully saturated rings. The maximum atomic E-state index is 11.8. The number of rotatable bonds is 7. The molecule has 0 saturated heterocycles. The molecule has 0 bridgehead atoms. The Bertz CT molecular complexity index is 576. The molecule has 1 saturated carbocycles. The number of hydrogen-bond donors (Lipinski definition) is 2. The van der Waals surface area contributed by atoms with E-state index in [9.17, 15) is 14.4 Å². The smallest absolute Gasteiger partial charge is 0.250 e. The first-order chi connectivity index (χ1) is 11.1. The summed E-state index contributed by atoms with van der Waals surface area (Å²) in [5, 5.41) is 5.75. The van der Waals surface area contributed by atoms with Gasteiger partial charge in [-0.2, -0.15) is 0 Å². The predicted octanol–water partition coefficient (Wildman–Crippen LogP) is 1.19. The van der Waals surface area contributed by atoms with Gasteiger partial charge in [0.1, 0.15) is 0 Å². The molecule has 1 aliphatic carbocycles. The maximum Gasteiger partial charge on any atom is 0.250 e. The first-order valence-electron chi connectivity index (χ1n) is 8.36. The lowest BCUT2D eigenvalue weighted by Gasteiger charge is -2.22. The highest BCUT2D eigenvalue weighted by Crippen LogP contribution is 2.17. The van der Waals surface area contributed by atoms with E-state index in [1.807, 2.05) is 0 Å². The predicted molar refractivity (Wildman–Crippen MR) is 88.0 cm³/mol. The summed E-state index contributed by atoms with van der Waals surface area (Å²) in [7, 11) is 0. The van der Waals surface area contributed by atoms with Crippen LogP contribution in [0.3, 0.4) is 0 Å². The molecule has 1 aromatic heterocycles. The molecule has 6 heteroatoms. The molecule has 0 atom stereocenters. The van der Waals surface area contributed by atoms with Crippen molar-refractivity contribution >= 4 is 11.8 Å². The second kappa shape index (κ2) is 9.12. The van der Waals surface area contributed by atoms with E-state index in [0.29, 0.717) is 25.6 Å². The molecule has 6 nitrogen and oxygen atoms in total. The quantitative estimate of drug-likeness (QED) is 0.792. The Balaban J connectivity index is 1.60. The lowest BCUT2D eigenvalue weighted by atomic mass is 9.95. The number of carbonyl (C=O) groups is 2. The molecule has 126 valence electrons. The Morgan fingerprint density at radius 2 is 1.87 bits per heavy atom. The average molecular weight is 319 g/mol. The van der Waals surface area contributed by atoms with Crippen LogP contribution in [0, 0.1) is 0 Å². The van der Waals surface area contributed by atoms with Gasteiger partial charge >= 0.3 is 0 Å². The Labute approximate surface area is 136 Å². The molecule has 0 aliphatic heterocycles. The Hall–Kier alpha value is -2.11. The number of carbonyl (C=O) groups excluding carboxylic acids is 2. The highest BCUT2D eigenvalue weighted by atomic mass is 16.2. The minimum absolute atomic E-state index is 0.00326. The van der Waals surface area contributed by atoms with E-state index in [0.717, 1.165) is 12.8 Å². The van der Waals surface area contributed by atoms with Crippen molar-refractivity contribution < 1.29 is 9.59 Å². The highest BCUT2D eigenvalue weighted by Gasteiger charge is 2.15. The summed E-state index contributed by atoms with van der Waals surface area (Å²) in [5.74, 6) is -0.150. The summed E-state index contributed by atoms with van der Waals surface area (Å²) in [6.45, 7) is 0.681. The van der Waals surface area contributed by atoms with Crippen molar-refractivity contribution in [3.63, 3.8) is 0 Å². The van der Waals surface area contributed by atoms with E-state index in [2.05, 4.69) is 10.6 Å². The van der Waals surface area contributed by atoms with Crippen LogP contribution in [-0.4, -0.2) is 29.0 Å². The Morgan fingerprint density at radius 1 is 1.09 bits per heavy atom. The van der Waals surface area contributed by atoms with Crippen LogP contribution < -0.4 is 16.2 Å². The van der Waals surface area contributed by atoms with Gasteiger partial charge in [-0.3, -0.25) is 14.4 Å². The maximum absolute atomic E-state index is 11.8. The molecular formula is C17H25N3O3. The lowest BCUT2D eigenvalue weighted by molar-refractivity contribution is -0.122. The van der Waals surface area contributed by atoms with Crippen LogP contribution >= 0.6 is 0 Å². The van der Waals surface area contributed by atoms with Gasteiger partial charge in [0, 0.05) is 44.2 Å². The second-order valence-corrected chi connectivity index (χ2v) is 5.98. The molecule has 0 radical (unpaired) electrons. The Kier molecular flexibility index (Phi) is 6.84. The zero-order chi connectivity index (χ0) is 16.5. The fraction of sp³-hybridized carbons (Fsp3) is 0.588. The van der Waals surface area contributed by atoms with Gasteiger partial charge in [-0.15, -0.1) is 0 Å². The van der Waals surface area contributed by atoms with Crippen LogP contribution in [0.25, 0.3) is 0 Å². The fourth-order valence-electron chi connectivity index (χ4n) is 2.82. The summed E-state index contributed by atoms with van der Waals surface area (Å²) in [6, 6.07) is 5.20. The molecule has 1 heterocycles. The monoisotopic (exact) mass is 319 g/mol. The van der Waals surface area contributed by atoms with E-state index in [-0.39, 0.29) is 23.8 Å². The van der Waals surface area contributed by atoms with Crippen LogP contribution in [0.4, 0.5) is 0 Å². The van der Waals surface area contributed by atoms with Gasteiger partial charge < -0.3 is 15.2 Å². The largest absolute Gasteiger partial charge is 0.356 e. The van der Waals surface area contributed by atoms with Gasteiger partial charge in [0.25, 0.3) is 5.56 Å². The number of aryl methyl sites for hydroxylation is 1. The summed E-state index contributed by atoms with van der Waals surface area (Å²) in [5.41, 5.74) is -0.118. The topological polar surface area (TPSA) is 80.2 Å². The third kappa shape index (κ3) is 6.26. The first kappa shape index (κ1) is 17.2. The molecule has 23 heavy (non-hydrogen) atoms. The van der Waals surface area contributed by atoms with Gasteiger partial charge in [-0.25, -0.2) is 0 Å². The van der Waals surface area contributed by atoms with E-state index in [1.165, 1.54) is 29.9 Å². The van der Waals surface area contributed by atoms with Gasteiger partial charge in [0.2, 0.25) is 11.8 Å². The number of pyridine rings is 1. The van der Waals surface area contributed by atoms with Crippen molar-refractivity contribution in [2.75, 3.05) is 6.54 Å². The Morgan fingerprint density at radius 3 is 2.61 bits per heavy atom. The van der Waals surface area contributed by atoms with Crippen molar-refractivity contribution in [1.82, 2.24) is 15.2 Å². The average Bonchev–Trinajstić information content (AvgIpc) is 2.55. The third-order valence-corrected chi connectivity index (χ3v) is 4.12. The van der Waals surface area contributed by atoms with E-state index >= 15 is 0 Å². The van der Waals surface area contributed by atoms with Crippen molar-refractivity contribution in [2.45, 2.75) is 57.5 Å². The second-order valence-electron chi connectivity index (χ2n) is 5.98. The van der Waals surface area contributed by atoms with Gasteiger partial charge in [-0.05, 0) is 18.9 Å². The molecule has 0 unspecified atom stereocenters. The van der Waals surface area contributed by atoms with Crippen LogP contribution in [-0.2, 0) is 16.1 Å². The highest BCUT2D eigenvalue weighted by molar-refractivity contribution is 5.79. The third-order valence-electron chi connectivity index (χ3n) is 4.12.